The third-order valence-electron chi connectivity index (χ3n) is 5.13. The number of amides is 1. The van der Waals surface area contributed by atoms with Crippen LogP contribution in [0.25, 0.3) is 0 Å². The van der Waals surface area contributed by atoms with E-state index in [0.29, 0.717) is 29.3 Å². The van der Waals surface area contributed by atoms with Crippen LogP contribution >= 0.6 is 0 Å². The Balaban J connectivity index is 1.62. The number of piperidine rings is 1. The highest BCUT2D eigenvalue weighted by molar-refractivity contribution is 5.83. The third kappa shape index (κ3) is 1.41. The largest absolute Gasteiger partial charge is 0.339 e. The fourth-order valence-corrected chi connectivity index (χ4v) is 3.64. The first-order valence-electron chi connectivity index (χ1n) is 6.73. The van der Waals surface area contributed by atoms with Crippen molar-refractivity contribution in [2.24, 2.45) is 11.3 Å². The van der Waals surface area contributed by atoms with E-state index in [-0.39, 0.29) is 0 Å². The SMILES string of the molecule is CCC1(CC)CC1C(=O)N1CC2CC(C1)N2. The summed E-state index contributed by atoms with van der Waals surface area (Å²) in [6.45, 7) is 6.36. The van der Waals surface area contributed by atoms with Crippen molar-refractivity contribution in [3.05, 3.63) is 0 Å². The van der Waals surface area contributed by atoms with Crippen LogP contribution in [0.5, 0.6) is 0 Å². The number of carbonyl (C=O) groups is 1. The van der Waals surface area contributed by atoms with Crippen LogP contribution in [0, 0.1) is 11.3 Å². The Bertz CT molecular complexity index is 291. The average Bonchev–Trinajstić information content (AvgIpc) is 3.03. The molecule has 3 aliphatic heterocycles. The van der Waals surface area contributed by atoms with Crippen LogP contribution in [0.2, 0.25) is 0 Å². The van der Waals surface area contributed by atoms with Crippen LogP contribution < -0.4 is 5.32 Å². The van der Waals surface area contributed by atoms with Crippen LogP contribution in [0.3, 0.4) is 0 Å². The number of hydrogen-bond acceptors (Lipinski definition) is 2. The lowest BCUT2D eigenvalue weighted by Crippen LogP contribution is -2.67. The van der Waals surface area contributed by atoms with E-state index in [2.05, 4.69) is 24.1 Å². The highest BCUT2D eigenvalue weighted by atomic mass is 16.2. The maximum Gasteiger partial charge on any atom is 0.226 e. The summed E-state index contributed by atoms with van der Waals surface area (Å²) in [5.41, 5.74) is 0.367. The number of fused-ring (bicyclic) bond motifs is 2. The van der Waals surface area contributed by atoms with Gasteiger partial charge < -0.3 is 10.2 Å². The summed E-state index contributed by atoms with van der Waals surface area (Å²) in [7, 11) is 0. The molecule has 3 nitrogen and oxygen atoms in total. The van der Waals surface area contributed by atoms with Gasteiger partial charge in [-0.05, 0) is 31.1 Å². The monoisotopic (exact) mass is 222 g/mol. The lowest BCUT2D eigenvalue weighted by Gasteiger charge is -2.48. The zero-order valence-electron chi connectivity index (χ0n) is 10.3. The molecule has 2 bridgehead atoms. The molecule has 1 amide bonds. The molecule has 3 heterocycles. The topological polar surface area (TPSA) is 32.3 Å². The normalized spacial score (nSPS) is 39.1. The third-order valence-corrected chi connectivity index (χ3v) is 5.13. The first-order valence-corrected chi connectivity index (χ1v) is 6.73. The Hall–Kier alpha value is -0.570. The van der Waals surface area contributed by atoms with Crippen LogP contribution in [0.1, 0.15) is 39.5 Å². The van der Waals surface area contributed by atoms with E-state index in [0.717, 1.165) is 19.5 Å². The quantitative estimate of drug-likeness (QED) is 0.782. The van der Waals surface area contributed by atoms with Gasteiger partial charge in [0.15, 0.2) is 0 Å². The van der Waals surface area contributed by atoms with Gasteiger partial charge in [0.05, 0.1) is 0 Å². The van der Waals surface area contributed by atoms with Crippen LogP contribution in [-0.2, 0) is 4.79 Å². The fourth-order valence-electron chi connectivity index (χ4n) is 3.64. The molecule has 0 aromatic carbocycles. The molecule has 3 unspecified atom stereocenters. The van der Waals surface area contributed by atoms with Gasteiger partial charge in [0.1, 0.15) is 0 Å². The molecule has 1 saturated carbocycles. The Kier molecular flexibility index (Phi) is 2.29. The molecule has 0 aromatic heterocycles. The highest BCUT2D eigenvalue weighted by Gasteiger charge is 2.57. The summed E-state index contributed by atoms with van der Waals surface area (Å²) < 4.78 is 0. The van der Waals surface area contributed by atoms with E-state index in [1.165, 1.54) is 19.3 Å². The number of hydrogen-bond donors (Lipinski definition) is 1. The second kappa shape index (κ2) is 3.46. The summed E-state index contributed by atoms with van der Waals surface area (Å²) in [5, 5.41) is 3.48. The summed E-state index contributed by atoms with van der Waals surface area (Å²) >= 11 is 0. The van der Waals surface area contributed by atoms with E-state index < -0.39 is 0 Å². The van der Waals surface area contributed by atoms with Crippen molar-refractivity contribution in [3.63, 3.8) is 0 Å². The number of carbonyl (C=O) groups excluding carboxylic acids is 1. The van der Waals surface area contributed by atoms with E-state index >= 15 is 0 Å². The van der Waals surface area contributed by atoms with Gasteiger partial charge in [-0.1, -0.05) is 13.8 Å². The van der Waals surface area contributed by atoms with Crippen molar-refractivity contribution in [2.75, 3.05) is 13.1 Å². The Labute approximate surface area is 97.6 Å². The lowest BCUT2D eigenvalue weighted by atomic mass is 9.90. The second-order valence-corrected chi connectivity index (χ2v) is 5.87. The Morgan fingerprint density at radius 3 is 2.31 bits per heavy atom. The standard InChI is InChI=1S/C13H22N2O/c1-3-13(4-2)6-11(13)12(16)15-7-9-5-10(8-15)14-9/h9-11,14H,3-8H2,1-2H3. The minimum atomic E-state index is 0.347. The highest BCUT2D eigenvalue weighted by Crippen LogP contribution is 2.58. The van der Waals surface area contributed by atoms with Gasteiger partial charge in [0.25, 0.3) is 0 Å². The summed E-state index contributed by atoms with van der Waals surface area (Å²) in [5.74, 6) is 0.792. The molecule has 16 heavy (non-hydrogen) atoms. The van der Waals surface area contributed by atoms with Crippen LogP contribution in [0.4, 0.5) is 0 Å². The fraction of sp³-hybridized carbons (Fsp3) is 0.923. The molecule has 4 aliphatic rings. The number of rotatable bonds is 3. The van der Waals surface area contributed by atoms with Crippen molar-refractivity contribution in [1.82, 2.24) is 10.2 Å². The molecule has 90 valence electrons. The van der Waals surface area contributed by atoms with Crippen molar-refractivity contribution in [2.45, 2.75) is 51.6 Å². The molecule has 1 aliphatic carbocycles. The zero-order valence-corrected chi connectivity index (χ0v) is 10.3. The van der Waals surface area contributed by atoms with Crippen molar-refractivity contribution < 1.29 is 4.79 Å². The molecule has 1 N–H and O–H groups in total. The average molecular weight is 222 g/mol. The van der Waals surface area contributed by atoms with Gasteiger partial charge in [0, 0.05) is 31.1 Å². The van der Waals surface area contributed by atoms with Crippen molar-refractivity contribution in [3.8, 4) is 0 Å². The first-order chi connectivity index (χ1) is 7.68. The van der Waals surface area contributed by atoms with Gasteiger partial charge in [-0.2, -0.15) is 0 Å². The van der Waals surface area contributed by atoms with Gasteiger partial charge in [-0.15, -0.1) is 0 Å². The predicted octanol–water partition coefficient (Wildman–Crippen LogP) is 1.39. The summed E-state index contributed by atoms with van der Waals surface area (Å²) in [6.07, 6.45) is 4.75. The second-order valence-electron chi connectivity index (χ2n) is 5.87. The molecule has 3 atom stereocenters. The molecular formula is C13H22N2O. The number of piperazine rings is 1. The van der Waals surface area contributed by atoms with Crippen LogP contribution in [0.15, 0.2) is 0 Å². The smallest absolute Gasteiger partial charge is 0.226 e. The Morgan fingerprint density at radius 1 is 1.31 bits per heavy atom. The summed E-state index contributed by atoms with van der Waals surface area (Å²) in [6, 6.07) is 1.19. The van der Waals surface area contributed by atoms with Gasteiger partial charge in [-0.3, -0.25) is 4.79 Å². The molecule has 0 aromatic rings. The molecule has 0 radical (unpaired) electrons. The molecule has 3 saturated heterocycles. The molecule has 4 rings (SSSR count). The molecule has 4 fully saturated rings. The minimum Gasteiger partial charge on any atom is -0.339 e. The van der Waals surface area contributed by atoms with Gasteiger partial charge in [0.2, 0.25) is 5.91 Å². The van der Waals surface area contributed by atoms with Crippen LogP contribution in [-0.4, -0.2) is 36.0 Å². The van der Waals surface area contributed by atoms with Crippen molar-refractivity contribution >= 4 is 5.91 Å². The lowest BCUT2D eigenvalue weighted by molar-refractivity contribution is -0.137. The van der Waals surface area contributed by atoms with E-state index in [9.17, 15) is 4.79 Å². The minimum absolute atomic E-state index is 0.347. The van der Waals surface area contributed by atoms with E-state index in [4.69, 9.17) is 0 Å². The van der Waals surface area contributed by atoms with Gasteiger partial charge >= 0.3 is 0 Å². The van der Waals surface area contributed by atoms with Gasteiger partial charge in [-0.25, -0.2) is 0 Å². The maximum absolute atomic E-state index is 12.4. The van der Waals surface area contributed by atoms with E-state index in [1.54, 1.807) is 0 Å². The first kappa shape index (κ1) is 10.6. The molecule has 3 heteroatoms. The zero-order chi connectivity index (χ0) is 11.3. The molecular weight excluding hydrogens is 200 g/mol. The maximum atomic E-state index is 12.4. The number of nitrogens with zero attached hydrogens (tertiary/aromatic N) is 1. The van der Waals surface area contributed by atoms with Crippen molar-refractivity contribution in [1.29, 1.82) is 0 Å². The summed E-state index contributed by atoms with van der Waals surface area (Å²) in [4.78, 5) is 14.5. The molecule has 0 spiro atoms. The van der Waals surface area contributed by atoms with E-state index in [1.807, 2.05) is 0 Å². The number of nitrogens with one attached hydrogen (secondary N) is 1. The Morgan fingerprint density at radius 2 is 1.88 bits per heavy atom. The predicted molar refractivity (Wildman–Crippen MR) is 63.0 cm³/mol.